The molecule has 0 radical (unpaired) electrons. The molecule has 1 aromatic carbocycles. The minimum absolute atomic E-state index is 0.0410. The number of aromatic nitrogens is 1. The number of hydrogen-bond donors (Lipinski definition) is 3. The molecule has 0 bridgehead atoms. The summed E-state index contributed by atoms with van der Waals surface area (Å²) in [6.07, 6.45) is 4.85. The molecule has 3 atom stereocenters. The van der Waals surface area contributed by atoms with Gasteiger partial charge in [0.1, 0.15) is 11.9 Å². The molecule has 0 spiro atoms. The number of carbonyl (C=O) groups excluding carboxylic acids is 1. The zero-order chi connectivity index (χ0) is 18.3. The third-order valence-electron chi connectivity index (χ3n) is 5.55. The third-order valence-corrected chi connectivity index (χ3v) is 5.55. The highest BCUT2D eigenvalue weighted by Crippen LogP contribution is 2.34. The monoisotopic (exact) mass is 353 g/mol. The average molecular weight is 353 g/mol. The van der Waals surface area contributed by atoms with E-state index in [1.165, 1.54) is 0 Å². The topological polar surface area (TPSA) is 83.4 Å². The summed E-state index contributed by atoms with van der Waals surface area (Å²) in [5.74, 6) is -0.170. The SMILES string of the molecule is C=CCn1c(=O)c(C2NC(=O)C3CCCCC3N2)c(O)c2ccccc21. The molecule has 26 heavy (non-hydrogen) atoms. The molecule has 136 valence electrons. The molecule has 1 aliphatic heterocycles. The van der Waals surface area contributed by atoms with Crippen LogP contribution in [0.1, 0.15) is 37.4 Å². The van der Waals surface area contributed by atoms with Crippen LogP contribution in [0.25, 0.3) is 10.9 Å². The van der Waals surface area contributed by atoms with Gasteiger partial charge in [-0.25, -0.2) is 0 Å². The van der Waals surface area contributed by atoms with Crippen molar-refractivity contribution >= 4 is 16.8 Å². The van der Waals surface area contributed by atoms with Crippen molar-refractivity contribution < 1.29 is 9.90 Å². The lowest BCUT2D eigenvalue weighted by molar-refractivity contribution is -0.130. The molecule has 1 aliphatic carbocycles. The molecular weight excluding hydrogens is 330 g/mol. The molecule has 1 saturated carbocycles. The Morgan fingerprint density at radius 2 is 2.00 bits per heavy atom. The molecule has 2 fully saturated rings. The molecule has 2 aliphatic rings. The number of para-hydroxylation sites is 1. The molecule has 1 amide bonds. The summed E-state index contributed by atoms with van der Waals surface area (Å²) in [6, 6.07) is 7.27. The predicted octanol–water partition coefficient (Wildman–Crippen LogP) is 2.17. The summed E-state index contributed by atoms with van der Waals surface area (Å²) < 4.78 is 1.58. The first-order valence-corrected chi connectivity index (χ1v) is 9.13. The van der Waals surface area contributed by atoms with Gasteiger partial charge in [0.2, 0.25) is 5.91 Å². The Hall–Kier alpha value is -2.60. The van der Waals surface area contributed by atoms with E-state index in [-0.39, 0.29) is 34.7 Å². The van der Waals surface area contributed by atoms with Crippen molar-refractivity contribution in [2.24, 2.45) is 5.92 Å². The number of nitrogens with one attached hydrogen (secondary N) is 2. The van der Waals surface area contributed by atoms with Crippen molar-refractivity contribution in [2.75, 3.05) is 0 Å². The van der Waals surface area contributed by atoms with E-state index in [0.29, 0.717) is 17.4 Å². The maximum atomic E-state index is 13.1. The van der Waals surface area contributed by atoms with Crippen LogP contribution in [0.5, 0.6) is 5.75 Å². The van der Waals surface area contributed by atoms with Gasteiger partial charge < -0.3 is 15.0 Å². The molecule has 4 rings (SSSR count). The summed E-state index contributed by atoms with van der Waals surface area (Å²) in [4.78, 5) is 25.7. The van der Waals surface area contributed by atoms with Crippen LogP contribution < -0.4 is 16.2 Å². The fraction of sp³-hybridized carbons (Fsp3) is 0.400. The van der Waals surface area contributed by atoms with Crippen LogP contribution in [0.2, 0.25) is 0 Å². The fourth-order valence-corrected chi connectivity index (χ4v) is 4.29. The maximum Gasteiger partial charge on any atom is 0.261 e. The lowest BCUT2D eigenvalue weighted by Crippen LogP contribution is -2.58. The summed E-state index contributed by atoms with van der Waals surface area (Å²) in [5, 5.41) is 17.7. The summed E-state index contributed by atoms with van der Waals surface area (Å²) in [5.41, 5.74) is 0.535. The minimum Gasteiger partial charge on any atom is -0.507 e. The highest BCUT2D eigenvalue weighted by atomic mass is 16.3. The lowest BCUT2D eigenvalue weighted by atomic mass is 9.82. The number of amides is 1. The van der Waals surface area contributed by atoms with Crippen molar-refractivity contribution in [1.82, 2.24) is 15.2 Å². The van der Waals surface area contributed by atoms with E-state index >= 15 is 0 Å². The van der Waals surface area contributed by atoms with Gasteiger partial charge in [-0.2, -0.15) is 0 Å². The van der Waals surface area contributed by atoms with Gasteiger partial charge >= 0.3 is 0 Å². The zero-order valence-corrected chi connectivity index (χ0v) is 14.6. The average Bonchev–Trinajstić information content (AvgIpc) is 2.65. The molecule has 3 N–H and O–H groups in total. The normalized spacial score (nSPS) is 25.5. The summed E-state index contributed by atoms with van der Waals surface area (Å²) in [7, 11) is 0. The number of rotatable bonds is 3. The van der Waals surface area contributed by atoms with Crippen LogP contribution in [0.15, 0.2) is 41.7 Å². The van der Waals surface area contributed by atoms with Crippen molar-refractivity contribution in [1.29, 1.82) is 0 Å². The molecule has 6 nitrogen and oxygen atoms in total. The summed E-state index contributed by atoms with van der Waals surface area (Å²) in [6.45, 7) is 4.06. The van der Waals surface area contributed by atoms with Gasteiger partial charge in [0.25, 0.3) is 5.56 Å². The molecule has 2 aromatic rings. The number of carbonyl (C=O) groups is 1. The standard InChI is InChI=1S/C20H23N3O3/c1-2-11-23-15-10-6-4-8-13(15)17(24)16(20(23)26)18-21-14-9-5-3-7-12(14)19(25)22-18/h2,4,6,8,10,12,14,18,21,24H,1,3,5,7,9,11H2,(H,22,25). The quantitative estimate of drug-likeness (QED) is 0.739. The van der Waals surface area contributed by atoms with Crippen LogP contribution in [0.3, 0.4) is 0 Å². The molecular formula is C20H23N3O3. The molecule has 2 heterocycles. The van der Waals surface area contributed by atoms with E-state index in [4.69, 9.17) is 0 Å². The van der Waals surface area contributed by atoms with Gasteiger partial charge in [0, 0.05) is 18.0 Å². The number of hydrogen-bond acceptors (Lipinski definition) is 4. The van der Waals surface area contributed by atoms with Gasteiger partial charge in [-0.1, -0.05) is 31.1 Å². The van der Waals surface area contributed by atoms with Gasteiger partial charge in [0.15, 0.2) is 0 Å². The Morgan fingerprint density at radius 3 is 2.81 bits per heavy atom. The first-order valence-electron chi connectivity index (χ1n) is 9.13. The van der Waals surface area contributed by atoms with Crippen LogP contribution >= 0.6 is 0 Å². The first-order chi connectivity index (χ1) is 12.6. The highest BCUT2D eigenvalue weighted by Gasteiger charge is 2.39. The van der Waals surface area contributed by atoms with Crippen molar-refractivity contribution in [3.05, 3.63) is 52.8 Å². The van der Waals surface area contributed by atoms with E-state index in [0.717, 1.165) is 25.7 Å². The van der Waals surface area contributed by atoms with E-state index in [1.54, 1.807) is 22.8 Å². The van der Waals surface area contributed by atoms with Gasteiger partial charge in [-0.15, -0.1) is 6.58 Å². The second kappa shape index (κ2) is 6.61. The predicted molar refractivity (Wildman–Crippen MR) is 99.8 cm³/mol. The third kappa shape index (κ3) is 2.61. The Bertz CT molecular complexity index is 934. The van der Waals surface area contributed by atoms with Gasteiger partial charge in [-0.05, 0) is 25.0 Å². The molecule has 1 saturated heterocycles. The van der Waals surface area contributed by atoms with E-state index in [9.17, 15) is 14.7 Å². The second-order valence-electron chi connectivity index (χ2n) is 7.09. The van der Waals surface area contributed by atoms with Crippen molar-refractivity contribution in [3.63, 3.8) is 0 Å². The van der Waals surface area contributed by atoms with E-state index in [1.807, 2.05) is 12.1 Å². The van der Waals surface area contributed by atoms with Gasteiger partial charge in [-0.3, -0.25) is 14.9 Å². The number of benzene rings is 1. The fourth-order valence-electron chi connectivity index (χ4n) is 4.29. The van der Waals surface area contributed by atoms with Crippen molar-refractivity contribution in [2.45, 2.75) is 44.4 Å². The Morgan fingerprint density at radius 1 is 1.23 bits per heavy atom. The maximum absolute atomic E-state index is 13.1. The molecule has 3 unspecified atom stereocenters. The first kappa shape index (κ1) is 16.8. The van der Waals surface area contributed by atoms with Crippen LogP contribution in [-0.4, -0.2) is 21.6 Å². The second-order valence-corrected chi connectivity index (χ2v) is 7.09. The molecule has 1 aromatic heterocycles. The minimum atomic E-state index is -0.685. The number of fused-ring (bicyclic) bond motifs is 2. The Labute approximate surface area is 151 Å². The Balaban J connectivity index is 1.85. The molecule has 6 heteroatoms. The van der Waals surface area contributed by atoms with E-state index < -0.39 is 6.17 Å². The van der Waals surface area contributed by atoms with Crippen molar-refractivity contribution in [3.8, 4) is 5.75 Å². The smallest absolute Gasteiger partial charge is 0.261 e. The van der Waals surface area contributed by atoms with Crippen LogP contribution in [-0.2, 0) is 11.3 Å². The number of nitrogens with zero attached hydrogens (tertiary/aromatic N) is 1. The number of pyridine rings is 1. The number of allylic oxidation sites excluding steroid dienone is 1. The zero-order valence-electron chi connectivity index (χ0n) is 14.6. The van der Waals surface area contributed by atoms with Crippen LogP contribution in [0.4, 0.5) is 0 Å². The van der Waals surface area contributed by atoms with Gasteiger partial charge in [0.05, 0.1) is 17.0 Å². The van der Waals surface area contributed by atoms with E-state index in [2.05, 4.69) is 17.2 Å². The number of aromatic hydroxyl groups is 1. The summed E-state index contributed by atoms with van der Waals surface area (Å²) >= 11 is 0. The highest BCUT2D eigenvalue weighted by molar-refractivity contribution is 5.87. The lowest BCUT2D eigenvalue weighted by Gasteiger charge is -2.40. The largest absolute Gasteiger partial charge is 0.507 e. The van der Waals surface area contributed by atoms with Crippen LogP contribution in [0, 0.1) is 5.92 Å². The Kier molecular flexibility index (Phi) is 4.28.